The molecular formula is C25H20N2O7S. The fourth-order valence-electron chi connectivity index (χ4n) is 4.05. The van der Waals surface area contributed by atoms with Crippen molar-refractivity contribution in [2.24, 2.45) is 0 Å². The van der Waals surface area contributed by atoms with Gasteiger partial charge in [0.25, 0.3) is 5.91 Å². The highest BCUT2D eigenvalue weighted by Gasteiger charge is 2.47. The number of benzene rings is 2. The van der Waals surface area contributed by atoms with Gasteiger partial charge in [0, 0.05) is 5.56 Å². The largest absolute Gasteiger partial charge is 0.503 e. The Morgan fingerprint density at radius 3 is 2.49 bits per heavy atom. The zero-order chi connectivity index (χ0) is 24.7. The molecule has 0 radical (unpaired) electrons. The molecule has 35 heavy (non-hydrogen) atoms. The number of rotatable bonds is 7. The molecule has 0 bridgehead atoms. The number of carbonyl (C=O) groups is 2. The predicted octanol–water partition coefficient (Wildman–Crippen LogP) is 4.70. The third kappa shape index (κ3) is 3.68. The smallest absolute Gasteiger partial charge is 0.296 e. The quantitative estimate of drug-likeness (QED) is 0.370. The lowest BCUT2D eigenvalue weighted by Gasteiger charge is -2.26. The summed E-state index contributed by atoms with van der Waals surface area (Å²) in [5.74, 6) is -0.558. The first-order valence-corrected chi connectivity index (χ1v) is 11.3. The fraction of sp³-hybridized carbons (Fsp3) is 0.160. The van der Waals surface area contributed by atoms with Crippen LogP contribution in [0.25, 0.3) is 10.2 Å². The van der Waals surface area contributed by atoms with Gasteiger partial charge in [-0.1, -0.05) is 11.3 Å². The number of hydrogen-bond donors (Lipinski definition) is 1. The van der Waals surface area contributed by atoms with Gasteiger partial charge in [-0.3, -0.25) is 14.5 Å². The van der Waals surface area contributed by atoms with Gasteiger partial charge < -0.3 is 23.7 Å². The van der Waals surface area contributed by atoms with Crippen molar-refractivity contribution >= 4 is 38.4 Å². The summed E-state index contributed by atoms with van der Waals surface area (Å²) < 4.78 is 22.3. The van der Waals surface area contributed by atoms with Crippen molar-refractivity contribution in [2.75, 3.05) is 26.2 Å². The Morgan fingerprint density at radius 1 is 1.06 bits per heavy atom. The van der Waals surface area contributed by atoms with E-state index in [1.54, 1.807) is 49.6 Å². The third-order valence-electron chi connectivity index (χ3n) is 5.72. The first-order chi connectivity index (χ1) is 17.0. The number of carbonyl (C=O) groups excluding carboxylic acids is 2. The maximum absolute atomic E-state index is 13.4. The molecule has 0 fully saturated rings. The van der Waals surface area contributed by atoms with E-state index in [0.29, 0.717) is 33.5 Å². The molecule has 3 heterocycles. The minimum Gasteiger partial charge on any atom is -0.503 e. The molecule has 10 heteroatoms. The van der Waals surface area contributed by atoms with E-state index in [1.165, 1.54) is 42.8 Å². The van der Waals surface area contributed by atoms with E-state index in [2.05, 4.69) is 4.98 Å². The highest BCUT2D eigenvalue weighted by atomic mass is 32.1. The van der Waals surface area contributed by atoms with Gasteiger partial charge in [-0.15, -0.1) is 0 Å². The molecule has 1 amide bonds. The average molecular weight is 493 g/mol. The Balaban J connectivity index is 1.73. The number of aromatic nitrogens is 1. The standard InChI is InChI=1S/C25H20N2O7S/c1-31-13-7-9-17(33-3)15(11-13)21-20(22(28)18-5-4-10-34-18)23(29)24(30)27(21)25-26-16-8-6-14(32-2)12-19(16)35-25/h4-12,21,29H,1-3H3/t21-/m0/s1. The summed E-state index contributed by atoms with van der Waals surface area (Å²) >= 11 is 1.23. The van der Waals surface area contributed by atoms with Crippen molar-refractivity contribution in [1.29, 1.82) is 0 Å². The number of hydrogen-bond acceptors (Lipinski definition) is 9. The molecule has 2 aromatic carbocycles. The lowest BCUT2D eigenvalue weighted by molar-refractivity contribution is -0.117. The monoisotopic (exact) mass is 492 g/mol. The fourth-order valence-corrected chi connectivity index (χ4v) is 5.07. The van der Waals surface area contributed by atoms with Crippen molar-refractivity contribution in [2.45, 2.75) is 6.04 Å². The van der Waals surface area contributed by atoms with Crippen LogP contribution in [0.15, 0.2) is 70.5 Å². The molecule has 0 saturated heterocycles. The first kappa shape index (κ1) is 22.5. The maximum Gasteiger partial charge on any atom is 0.296 e. The van der Waals surface area contributed by atoms with Crippen LogP contribution in [0.3, 0.4) is 0 Å². The summed E-state index contributed by atoms with van der Waals surface area (Å²) in [6.45, 7) is 0. The Morgan fingerprint density at radius 2 is 1.80 bits per heavy atom. The number of methoxy groups -OCH3 is 3. The van der Waals surface area contributed by atoms with E-state index in [0.717, 1.165) is 4.70 Å². The summed E-state index contributed by atoms with van der Waals surface area (Å²) in [5.41, 5.74) is 0.935. The molecule has 2 aromatic heterocycles. The van der Waals surface area contributed by atoms with Gasteiger partial charge in [0.05, 0.1) is 43.4 Å². The molecule has 0 aliphatic carbocycles. The topological polar surface area (TPSA) is 111 Å². The second kappa shape index (κ2) is 8.80. The van der Waals surface area contributed by atoms with Crippen molar-refractivity contribution in [1.82, 2.24) is 4.98 Å². The number of amides is 1. The molecule has 0 unspecified atom stereocenters. The molecule has 1 N–H and O–H groups in total. The minimum atomic E-state index is -1.05. The van der Waals surface area contributed by atoms with Crippen LogP contribution in [0.4, 0.5) is 5.13 Å². The normalized spacial score (nSPS) is 15.7. The van der Waals surface area contributed by atoms with E-state index < -0.39 is 23.5 Å². The second-order valence-electron chi connectivity index (χ2n) is 7.58. The first-order valence-electron chi connectivity index (χ1n) is 10.5. The summed E-state index contributed by atoms with van der Waals surface area (Å²) in [6, 6.07) is 12.4. The lowest BCUT2D eigenvalue weighted by atomic mass is 9.94. The van der Waals surface area contributed by atoms with E-state index in [4.69, 9.17) is 18.6 Å². The number of thiazole rings is 1. The number of ether oxygens (including phenoxy) is 3. The van der Waals surface area contributed by atoms with Crippen LogP contribution in [0.1, 0.15) is 22.2 Å². The van der Waals surface area contributed by atoms with Gasteiger partial charge in [0.1, 0.15) is 23.3 Å². The zero-order valence-corrected chi connectivity index (χ0v) is 19.8. The Kier molecular flexibility index (Phi) is 5.65. The summed E-state index contributed by atoms with van der Waals surface area (Å²) in [4.78, 5) is 32.8. The lowest BCUT2D eigenvalue weighted by Crippen LogP contribution is -2.31. The number of furan rings is 1. The van der Waals surface area contributed by atoms with Gasteiger partial charge in [0.15, 0.2) is 16.7 Å². The van der Waals surface area contributed by atoms with Gasteiger partial charge in [-0.05, 0) is 48.5 Å². The van der Waals surface area contributed by atoms with Gasteiger partial charge in [-0.2, -0.15) is 0 Å². The molecule has 5 rings (SSSR count). The van der Waals surface area contributed by atoms with Crippen molar-refractivity contribution < 1.29 is 33.3 Å². The summed E-state index contributed by atoms with van der Waals surface area (Å²) in [7, 11) is 4.55. The van der Waals surface area contributed by atoms with E-state index in [-0.39, 0.29) is 11.3 Å². The maximum atomic E-state index is 13.4. The van der Waals surface area contributed by atoms with E-state index in [1.807, 2.05) is 0 Å². The van der Waals surface area contributed by atoms with Gasteiger partial charge in [-0.25, -0.2) is 4.98 Å². The van der Waals surface area contributed by atoms with Gasteiger partial charge >= 0.3 is 0 Å². The number of aliphatic hydroxyl groups is 1. The molecule has 0 spiro atoms. The SMILES string of the molecule is COc1ccc(OC)c([C@H]2C(C(=O)c3ccco3)=C(O)C(=O)N2c2nc3ccc(OC)cc3s2)c1. The number of ketones is 1. The van der Waals surface area contributed by atoms with Crippen LogP contribution < -0.4 is 19.1 Å². The van der Waals surface area contributed by atoms with E-state index >= 15 is 0 Å². The molecule has 0 saturated carbocycles. The molecule has 9 nitrogen and oxygen atoms in total. The highest BCUT2D eigenvalue weighted by molar-refractivity contribution is 7.22. The zero-order valence-electron chi connectivity index (χ0n) is 19.0. The average Bonchev–Trinajstić information content (AvgIpc) is 3.61. The molecule has 1 atom stereocenters. The van der Waals surface area contributed by atoms with Crippen LogP contribution >= 0.6 is 11.3 Å². The van der Waals surface area contributed by atoms with Crippen molar-refractivity contribution in [3.63, 3.8) is 0 Å². The molecule has 178 valence electrons. The molecule has 1 aliphatic heterocycles. The number of Topliss-reactive ketones (excluding diaryl/α,β-unsaturated/α-hetero) is 1. The number of anilines is 1. The Labute approximate surface area is 203 Å². The van der Waals surface area contributed by atoms with E-state index in [9.17, 15) is 14.7 Å². The minimum absolute atomic E-state index is 0.0119. The summed E-state index contributed by atoms with van der Waals surface area (Å²) in [5, 5.41) is 11.2. The predicted molar refractivity (Wildman–Crippen MR) is 129 cm³/mol. The van der Waals surface area contributed by atoms with Crippen molar-refractivity contribution in [3.05, 3.63) is 77.5 Å². The molecule has 4 aromatic rings. The number of aliphatic hydroxyl groups excluding tert-OH is 1. The van der Waals surface area contributed by atoms with Crippen LogP contribution in [-0.4, -0.2) is 43.1 Å². The number of nitrogens with zero attached hydrogens (tertiary/aromatic N) is 2. The Hall–Kier alpha value is -4.31. The second-order valence-corrected chi connectivity index (χ2v) is 8.59. The van der Waals surface area contributed by atoms with Crippen molar-refractivity contribution in [3.8, 4) is 17.2 Å². The number of fused-ring (bicyclic) bond motifs is 1. The highest BCUT2D eigenvalue weighted by Crippen LogP contribution is 2.47. The van der Waals surface area contributed by atoms with Crippen LogP contribution in [0.2, 0.25) is 0 Å². The van der Waals surface area contributed by atoms with Crippen LogP contribution in [0.5, 0.6) is 17.2 Å². The molecule has 1 aliphatic rings. The summed E-state index contributed by atoms with van der Waals surface area (Å²) in [6.07, 6.45) is 1.35. The van der Waals surface area contributed by atoms with Crippen LogP contribution in [-0.2, 0) is 4.79 Å². The molecular weight excluding hydrogens is 472 g/mol. The third-order valence-corrected chi connectivity index (χ3v) is 6.74. The van der Waals surface area contributed by atoms with Gasteiger partial charge in [0.2, 0.25) is 5.78 Å². The Bertz CT molecular complexity index is 1470. The van der Waals surface area contributed by atoms with Crippen LogP contribution in [0, 0.1) is 0 Å².